The van der Waals surface area contributed by atoms with Crippen LogP contribution in [0.1, 0.15) is 37.8 Å². The summed E-state index contributed by atoms with van der Waals surface area (Å²) in [6.45, 7) is 10.5. The third-order valence-electron chi connectivity index (χ3n) is 2.50. The second-order valence-electron chi connectivity index (χ2n) is 4.36. The van der Waals surface area contributed by atoms with E-state index in [-0.39, 0.29) is 0 Å². The molecule has 0 heterocycles. The van der Waals surface area contributed by atoms with Gasteiger partial charge in [-0.3, -0.25) is 0 Å². The van der Waals surface area contributed by atoms with Crippen LogP contribution in [0, 0.1) is 5.92 Å². The Morgan fingerprint density at radius 2 is 1.71 bits per heavy atom. The van der Waals surface area contributed by atoms with Crippen molar-refractivity contribution in [3.05, 3.63) is 48.0 Å². The van der Waals surface area contributed by atoms with Crippen LogP contribution in [0.4, 0.5) is 0 Å². The van der Waals surface area contributed by atoms with E-state index in [1.807, 2.05) is 6.08 Å². The van der Waals surface area contributed by atoms with Crippen LogP contribution in [-0.4, -0.2) is 0 Å². The summed E-state index contributed by atoms with van der Waals surface area (Å²) in [6, 6.07) is 8.89. The molecular formula is C14H20. The van der Waals surface area contributed by atoms with E-state index in [1.165, 1.54) is 17.5 Å². The van der Waals surface area contributed by atoms with Gasteiger partial charge in [-0.1, -0.05) is 51.1 Å². The van der Waals surface area contributed by atoms with Crippen LogP contribution < -0.4 is 0 Å². The molecule has 0 heteroatoms. The van der Waals surface area contributed by atoms with Crippen LogP contribution in [0.5, 0.6) is 0 Å². The molecule has 0 fully saturated rings. The molecule has 76 valence electrons. The number of benzene rings is 1. The van der Waals surface area contributed by atoms with Gasteiger partial charge in [0.05, 0.1) is 0 Å². The summed E-state index contributed by atoms with van der Waals surface area (Å²) in [5.41, 5.74) is 2.78. The van der Waals surface area contributed by atoms with Gasteiger partial charge in [0.2, 0.25) is 0 Å². The number of hydrogen-bond acceptors (Lipinski definition) is 0. The van der Waals surface area contributed by atoms with Gasteiger partial charge in [0.15, 0.2) is 0 Å². The zero-order chi connectivity index (χ0) is 10.6. The van der Waals surface area contributed by atoms with Gasteiger partial charge in [-0.2, -0.15) is 0 Å². The fourth-order valence-electron chi connectivity index (χ4n) is 1.56. The lowest BCUT2D eigenvalue weighted by atomic mass is 9.97. The van der Waals surface area contributed by atoms with Crippen molar-refractivity contribution in [2.45, 2.75) is 33.1 Å². The molecule has 0 radical (unpaired) electrons. The van der Waals surface area contributed by atoms with E-state index < -0.39 is 0 Å². The average Bonchev–Trinajstić information content (AvgIpc) is 2.17. The first-order valence-corrected chi connectivity index (χ1v) is 5.35. The summed E-state index contributed by atoms with van der Waals surface area (Å²) < 4.78 is 0. The van der Waals surface area contributed by atoms with Crippen LogP contribution in [0.15, 0.2) is 36.9 Å². The predicted octanol–water partition coefficient (Wildman–Crippen LogP) is 4.17. The van der Waals surface area contributed by atoms with Crippen molar-refractivity contribution in [2.24, 2.45) is 5.92 Å². The highest BCUT2D eigenvalue weighted by atomic mass is 14.1. The Kier molecular flexibility index (Phi) is 3.94. The van der Waals surface area contributed by atoms with E-state index in [0.29, 0.717) is 5.92 Å². The summed E-state index contributed by atoms with van der Waals surface area (Å²) in [4.78, 5) is 0. The maximum atomic E-state index is 3.81. The van der Waals surface area contributed by atoms with Crippen LogP contribution in [0.3, 0.4) is 0 Å². The van der Waals surface area contributed by atoms with Gasteiger partial charge >= 0.3 is 0 Å². The first-order chi connectivity index (χ1) is 6.63. The van der Waals surface area contributed by atoms with Crippen LogP contribution in [0.2, 0.25) is 0 Å². The Morgan fingerprint density at radius 3 is 2.14 bits per heavy atom. The third-order valence-corrected chi connectivity index (χ3v) is 2.50. The molecule has 1 atom stereocenters. The van der Waals surface area contributed by atoms with Crippen LogP contribution >= 0.6 is 0 Å². The number of allylic oxidation sites excluding steroid dienone is 1. The number of hydrogen-bond donors (Lipinski definition) is 0. The topological polar surface area (TPSA) is 0 Å². The van der Waals surface area contributed by atoms with Crippen molar-refractivity contribution in [3.63, 3.8) is 0 Å². The van der Waals surface area contributed by atoms with E-state index in [4.69, 9.17) is 0 Å². The minimum atomic E-state index is 0.461. The van der Waals surface area contributed by atoms with Gasteiger partial charge < -0.3 is 0 Å². The minimum Gasteiger partial charge on any atom is -0.102 e. The van der Waals surface area contributed by atoms with Gasteiger partial charge in [-0.05, 0) is 29.4 Å². The smallest absolute Gasteiger partial charge is 0.00131 e. The van der Waals surface area contributed by atoms with Crippen molar-refractivity contribution in [3.8, 4) is 0 Å². The molecule has 0 spiro atoms. The van der Waals surface area contributed by atoms with Crippen molar-refractivity contribution in [1.29, 1.82) is 0 Å². The third kappa shape index (κ3) is 3.02. The van der Waals surface area contributed by atoms with Gasteiger partial charge in [0.25, 0.3) is 0 Å². The van der Waals surface area contributed by atoms with E-state index in [9.17, 15) is 0 Å². The fourth-order valence-corrected chi connectivity index (χ4v) is 1.56. The fraction of sp³-hybridized carbons (Fsp3) is 0.429. The molecule has 0 saturated heterocycles. The van der Waals surface area contributed by atoms with E-state index >= 15 is 0 Å². The lowest BCUT2D eigenvalue weighted by Crippen LogP contribution is -1.95. The largest absolute Gasteiger partial charge is 0.102 e. The quantitative estimate of drug-likeness (QED) is 0.622. The molecule has 0 N–H and O–H groups in total. The lowest BCUT2D eigenvalue weighted by molar-refractivity contribution is 0.647. The first-order valence-electron chi connectivity index (χ1n) is 5.35. The lowest BCUT2D eigenvalue weighted by Gasteiger charge is -2.09. The average molecular weight is 188 g/mol. The summed E-state index contributed by atoms with van der Waals surface area (Å²) in [5, 5.41) is 0. The van der Waals surface area contributed by atoms with Crippen LogP contribution in [0.25, 0.3) is 0 Å². The molecule has 1 rings (SSSR count). The van der Waals surface area contributed by atoms with E-state index in [1.54, 1.807) is 0 Å². The van der Waals surface area contributed by atoms with Crippen molar-refractivity contribution in [1.82, 2.24) is 0 Å². The predicted molar refractivity (Wildman–Crippen MR) is 63.6 cm³/mol. The highest BCUT2D eigenvalue weighted by Crippen LogP contribution is 2.17. The Hall–Kier alpha value is -1.04. The normalized spacial score (nSPS) is 12.9. The van der Waals surface area contributed by atoms with Crippen molar-refractivity contribution >= 4 is 0 Å². The van der Waals surface area contributed by atoms with E-state index in [2.05, 4.69) is 51.6 Å². The molecule has 0 aliphatic heterocycles. The van der Waals surface area contributed by atoms with Gasteiger partial charge in [0, 0.05) is 0 Å². The molecular weight excluding hydrogens is 168 g/mol. The maximum Gasteiger partial charge on any atom is -0.00131 e. The Morgan fingerprint density at radius 1 is 1.14 bits per heavy atom. The van der Waals surface area contributed by atoms with Crippen molar-refractivity contribution < 1.29 is 0 Å². The summed E-state index contributed by atoms with van der Waals surface area (Å²) >= 11 is 0. The summed E-state index contributed by atoms with van der Waals surface area (Å²) in [6.07, 6.45) is 3.15. The Balaban J connectivity index is 2.73. The van der Waals surface area contributed by atoms with Crippen molar-refractivity contribution in [2.75, 3.05) is 0 Å². The molecule has 0 nitrogen and oxygen atoms in total. The summed E-state index contributed by atoms with van der Waals surface area (Å²) in [5.74, 6) is 1.20. The van der Waals surface area contributed by atoms with Gasteiger partial charge in [0.1, 0.15) is 0 Å². The second kappa shape index (κ2) is 4.99. The molecule has 0 aliphatic carbocycles. The zero-order valence-electron chi connectivity index (χ0n) is 9.46. The molecule has 0 bridgehead atoms. The zero-order valence-corrected chi connectivity index (χ0v) is 9.46. The molecule has 0 aromatic heterocycles. The summed E-state index contributed by atoms with van der Waals surface area (Å²) in [7, 11) is 0. The van der Waals surface area contributed by atoms with Gasteiger partial charge in [-0.15, -0.1) is 6.58 Å². The molecule has 0 aliphatic rings. The SMILES string of the molecule is C=C[C@H](C)c1ccc(CC(C)C)cc1. The monoisotopic (exact) mass is 188 g/mol. The highest BCUT2D eigenvalue weighted by Gasteiger charge is 2.01. The Labute approximate surface area is 87.7 Å². The Bertz CT molecular complexity index is 279. The first kappa shape index (κ1) is 11.0. The minimum absolute atomic E-state index is 0.461. The molecule has 14 heavy (non-hydrogen) atoms. The van der Waals surface area contributed by atoms with Crippen LogP contribution in [-0.2, 0) is 6.42 Å². The van der Waals surface area contributed by atoms with Gasteiger partial charge in [-0.25, -0.2) is 0 Å². The molecule has 0 unspecified atom stereocenters. The standard InChI is InChI=1S/C14H20/c1-5-12(4)14-8-6-13(7-9-14)10-11(2)3/h5-9,11-12H,1,10H2,2-4H3/t12-/m0/s1. The number of rotatable bonds is 4. The highest BCUT2D eigenvalue weighted by molar-refractivity contribution is 5.27. The molecule has 1 aromatic rings. The second-order valence-corrected chi connectivity index (χ2v) is 4.36. The molecule has 0 amide bonds. The van der Waals surface area contributed by atoms with E-state index in [0.717, 1.165) is 5.92 Å². The molecule has 1 aromatic carbocycles. The maximum absolute atomic E-state index is 3.81. The molecule has 0 saturated carbocycles.